The zero-order chi connectivity index (χ0) is 11.4. The van der Waals surface area contributed by atoms with Gasteiger partial charge in [-0.05, 0) is 41.4 Å². The molecule has 3 N–H and O–H groups in total. The molecule has 3 heteroatoms. The molecule has 1 aromatic rings. The number of rotatable bonds is 4. The maximum atomic E-state index is 5.72. The predicted octanol–water partition coefficient (Wildman–Crippen LogP) is 2.51. The summed E-state index contributed by atoms with van der Waals surface area (Å²) in [6.07, 6.45) is 2.36. The minimum absolute atomic E-state index is 0.321. The molecule has 0 radical (unpaired) electrons. The fourth-order valence-electron chi connectivity index (χ4n) is 2.33. The summed E-state index contributed by atoms with van der Waals surface area (Å²) in [6.45, 7) is 2.19. The number of hydrogen-bond donors (Lipinski definition) is 2. The summed E-state index contributed by atoms with van der Waals surface area (Å²) in [4.78, 5) is 0. The summed E-state index contributed by atoms with van der Waals surface area (Å²) >= 11 is 2.03. The Kier molecular flexibility index (Phi) is 4.27. The highest BCUT2D eigenvalue weighted by molar-refractivity contribution is 7.99. The molecule has 0 aromatic heterocycles. The average molecular weight is 236 g/mol. The lowest BCUT2D eigenvalue weighted by Crippen LogP contribution is -2.33. The van der Waals surface area contributed by atoms with Crippen LogP contribution in [0.2, 0.25) is 0 Å². The van der Waals surface area contributed by atoms with Crippen LogP contribution >= 0.6 is 11.8 Å². The van der Waals surface area contributed by atoms with Gasteiger partial charge in [0, 0.05) is 6.04 Å². The third-order valence-corrected chi connectivity index (χ3v) is 4.52. The molecule has 0 saturated carbocycles. The molecule has 2 unspecified atom stereocenters. The van der Waals surface area contributed by atoms with Crippen LogP contribution in [-0.4, -0.2) is 11.5 Å². The summed E-state index contributed by atoms with van der Waals surface area (Å²) in [5, 5.41) is 0. The van der Waals surface area contributed by atoms with Gasteiger partial charge >= 0.3 is 0 Å². The molecule has 0 amide bonds. The van der Waals surface area contributed by atoms with Crippen molar-refractivity contribution < 1.29 is 0 Å². The first-order chi connectivity index (χ1) is 7.85. The zero-order valence-electron chi connectivity index (χ0n) is 9.78. The van der Waals surface area contributed by atoms with Gasteiger partial charge in [0.1, 0.15) is 0 Å². The van der Waals surface area contributed by atoms with E-state index >= 15 is 0 Å². The maximum absolute atomic E-state index is 5.72. The first kappa shape index (κ1) is 12.0. The Labute approximate surface area is 102 Å². The van der Waals surface area contributed by atoms with E-state index in [0.717, 1.165) is 6.42 Å². The summed E-state index contributed by atoms with van der Waals surface area (Å²) in [5.41, 5.74) is 5.73. The van der Waals surface area contributed by atoms with E-state index in [1.165, 1.54) is 29.1 Å². The number of thioether (sulfide) groups is 1. The van der Waals surface area contributed by atoms with Crippen LogP contribution in [0.1, 0.15) is 30.5 Å². The van der Waals surface area contributed by atoms with Crippen molar-refractivity contribution >= 4 is 11.8 Å². The molecular formula is C13H20N2S. The van der Waals surface area contributed by atoms with Crippen molar-refractivity contribution in [2.45, 2.75) is 25.8 Å². The lowest BCUT2D eigenvalue weighted by atomic mass is 9.92. The summed E-state index contributed by atoms with van der Waals surface area (Å²) < 4.78 is 0. The van der Waals surface area contributed by atoms with Gasteiger partial charge in [0.2, 0.25) is 0 Å². The average Bonchev–Trinajstić information content (AvgIpc) is 2.84. The van der Waals surface area contributed by atoms with E-state index in [2.05, 4.69) is 36.6 Å². The van der Waals surface area contributed by atoms with Crippen molar-refractivity contribution in [1.82, 2.24) is 5.43 Å². The first-order valence-electron chi connectivity index (χ1n) is 5.98. The Morgan fingerprint density at radius 3 is 3.06 bits per heavy atom. The lowest BCUT2D eigenvalue weighted by Gasteiger charge is -2.23. The topological polar surface area (TPSA) is 38.0 Å². The van der Waals surface area contributed by atoms with E-state index in [0.29, 0.717) is 12.0 Å². The van der Waals surface area contributed by atoms with Crippen LogP contribution in [0.3, 0.4) is 0 Å². The molecule has 1 fully saturated rings. The highest BCUT2D eigenvalue weighted by atomic mass is 32.2. The minimum Gasteiger partial charge on any atom is -0.271 e. The van der Waals surface area contributed by atoms with Crippen LogP contribution < -0.4 is 11.3 Å². The molecule has 1 saturated heterocycles. The molecule has 1 aliphatic heterocycles. The summed E-state index contributed by atoms with van der Waals surface area (Å²) in [7, 11) is 0. The molecule has 1 aromatic carbocycles. The minimum atomic E-state index is 0.321. The van der Waals surface area contributed by atoms with E-state index in [-0.39, 0.29) is 0 Å². The smallest absolute Gasteiger partial charge is 0.0496 e. The Morgan fingerprint density at radius 1 is 1.56 bits per heavy atom. The number of hydrogen-bond acceptors (Lipinski definition) is 3. The van der Waals surface area contributed by atoms with Gasteiger partial charge in [-0.2, -0.15) is 11.8 Å². The fraction of sp³-hybridized carbons (Fsp3) is 0.538. The highest BCUT2D eigenvalue weighted by Gasteiger charge is 2.25. The Morgan fingerprint density at radius 2 is 2.44 bits per heavy atom. The van der Waals surface area contributed by atoms with Crippen LogP contribution in [0, 0.1) is 5.92 Å². The Balaban J connectivity index is 2.18. The van der Waals surface area contributed by atoms with Gasteiger partial charge < -0.3 is 0 Å². The van der Waals surface area contributed by atoms with Gasteiger partial charge in [-0.15, -0.1) is 0 Å². The highest BCUT2D eigenvalue weighted by Crippen LogP contribution is 2.33. The summed E-state index contributed by atoms with van der Waals surface area (Å²) in [6, 6.07) is 9.11. The van der Waals surface area contributed by atoms with Crippen molar-refractivity contribution in [3.8, 4) is 0 Å². The quantitative estimate of drug-likeness (QED) is 0.623. The van der Waals surface area contributed by atoms with Crippen molar-refractivity contribution in [1.29, 1.82) is 0 Å². The van der Waals surface area contributed by atoms with Crippen LogP contribution in [0.25, 0.3) is 0 Å². The molecule has 2 atom stereocenters. The number of benzene rings is 1. The van der Waals surface area contributed by atoms with Crippen molar-refractivity contribution in [2.75, 3.05) is 11.5 Å². The normalized spacial score (nSPS) is 22.2. The number of nitrogens with two attached hydrogens (primary N) is 1. The van der Waals surface area contributed by atoms with E-state index in [9.17, 15) is 0 Å². The second kappa shape index (κ2) is 5.71. The van der Waals surface area contributed by atoms with Gasteiger partial charge in [0.25, 0.3) is 0 Å². The second-order valence-corrected chi connectivity index (χ2v) is 5.52. The van der Waals surface area contributed by atoms with Gasteiger partial charge in [0.05, 0.1) is 0 Å². The molecule has 1 heterocycles. The molecule has 1 aliphatic rings. The van der Waals surface area contributed by atoms with Crippen LogP contribution in [0.4, 0.5) is 0 Å². The standard InChI is InChI=1S/C13H20N2S/c1-2-10-4-3-5-11(8-10)13(15-14)12-6-7-16-9-12/h3-5,8,12-13,15H,2,6-7,9,14H2,1H3. The molecular weight excluding hydrogens is 216 g/mol. The van der Waals surface area contributed by atoms with Gasteiger partial charge in [-0.3, -0.25) is 11.3 Å². The summed E-state index contributed by atoms with van der Waals surface area (Å²) in [5.74, 6) is 8.90. The third kappa shape index (κ3) is 2.59. The van der Waals surface area contributed by atoms with Crippen molar-refractivity contribution in [3.63, 3.8) is 0 Å². The molecule has 16 heavy (non-hydrogen) atoms. The first-order valence-corrected chi connectivity index (χ1v) is 7.13. The fourth-order valence-corrected chi connectivity index (χ4v) is 3.62. The number of aryl methyl sites for hydroxylation is 1. The van der Waals surface area contributed by atoms with E-state index < -0.39 is 0 Å². The molecule has 2 rings (SSSR count). The molecule has 0 aliphatic carbocycles. The van der Waals surface area contributed by atoms with Crippen LogP contribution in [0.15, 0.2) is 24.3 Å². The number of hydrazine groups is 1. The van der Waals surface area contributed by atoms with E-state index in [1.807, 2.05) is 11.8 Å². The molecule has 0 bridgehead atoms. The van der Waals surface area contributed by atoms with Crippen LogP contribution in [0.5, 0.6) is 0 Å². The number of nitrogens with one attached hydrogen (secondary N) is 1. The van der Waals surface area contributed by atoms with Gasteiger partial charge in [-0.1, -0.05) is 31.2 Å². The Hall–Kier alpha value is -0.510. The molecule has 0 spiro atoms. The van der Waals surface area contributed by atoms with Crippen LogP contribution in [-0.2, 0) is 6.42 Å². The predicted molar refractivity (Wildman–Crippen MR) is 71.3 cm³/mol. The monoisotopic (exact) mass is 236 g/mol. The van der Waals surface area contributed by atoms with E-state index in [1.54, 1.807) is 0 Å². The maximum Gasteiger partial charge on any atom is 0.0496 e. The molecule has 2 nitrogen and oxygen atoms in total. The van der Waals surface area contributed by atoms with Gasteiger partial charge in [-0.25, -0.2) is 0 Å². The van der Waals surface area contributed by atoms with E-state index in [4.69, 9.17) is 5.84 Å². The third-order valence-electron chi connectivity index (χ3n) is 3.33. The largest absolute Gasteiger partial charge is 0.271 e. The lowest BCUT2D eigenvalue weighted by molar-refractivity contribution is 0.400. The zero-order valence-corrected chi connectivity index (χ0v) is 10.6. The van der Waals surface area contributed by atoms with Gasteiger partial charge in [0.15, 0.2) is 0 Å². The second-order valence-electron chi connectivity index (χ2n) is 4.37. The Bertz CT molecular complexity index is 334. The van der Waals surface area contributed by atoms with Crippen molar-refractivity contribution in [3.05, 3.63) is 35.4 Å². The van der Waals surface area contributed by atoms with Crippen molar-refractivity contribution in [2.24, 2.45) is 11.8 Å². The SMILES string of the molecule is CCc1cccc(C(NN)C2CCSC2)c1. The molecule has 88 valence electrons.